The highest BCUT2D eigenvalue weighted by Gasteiger charge is 2.16. The number of aromatic nitrogens is 1. The number of benzene rings is 2. The van der Waals surface area contributed by atoms with E-state index in [2.05, 4.69) is 10.3 Å². The Labute approximate surface area is 181 Å². The number of carbonyl (C=O) groups is 1. The number of nitrogens with one attached hydrogen (secondary N) is 1. The average Bonchev–Trinajstić information content (AvgIpc) is 3.12. The second kappa shape index (κ2) is 10.1. The molecular formula is C23H25ClN4O2. The number of aliphatic hydroxyl groups excluding tert-OH is 1. The molecule has 0 aliphatic carbocycles. The highest BCUT2D eigenvalue weighted by atomic mass is 35.5. The molecule has 0 saturated heterocycles. The normalized spacial score (nSPS) is 11.5. The summed E-state index contributed by atoms with van der Waals surface area (Å²) in [5.74, 6) is -0.348. The summed E-state index contributed by atoms with van der Waals surface area (Å²) in [7, 11) is 0. The van der Waals surface area contributed by atoms with Crippen LogP contribution in [0.2, 0.25) is 5.02 Å². The molecular weight excluding hydrogens is 400 g/mol. The monoisotopic (exact) mass is 424 g/mol. The van der Waals surface area contributed by atoms with E-state index in [1.807, 2.05) is 72.2 Å². The lowest BCUT2D eigenvalue weighted by molar-refractivity contribution is -0.118. The van der Waals surface area contributed by atoms with Crippen LogP contribution in [0.25, 0.3) is 22.5 Å². The number of nitrogens with zero attached hydrogens (tertiary/aromatic N) is 2. The van der Waals surface area contributed by atoms with Crippen molar-refractivity contribution in [2.45, 2.75) is 19.9 Å². The van der Waals surface area contributed by atoms with E-state index in [-0.39, 0.29) is 25.0 Å². The molecule has 156 valence electrons. The minimum absolute atomic E-state index is 0.0130. The number of aliphatic imine (C=N–C) groups is 1. The smallest absolute Gasteiger partial charge is 0.268 e. The predicted molar refractivity (Wildman–Crippen MR) is 121 cm³/mol. The van der Waals surface area contributed by atoms with Gasteiger partial charge in [0.25, 0.3) is 5.91 Å². The van der Waals surface area contributed by atoms with Gasteiger partial charge >= 0.3 is 0 Å². The van der Waals surface area contributed by atoms with Crippen molar-refractivity contribution in [1.29, 1.82) is 0 Å². The van der Waals surface area contributed by atoms with Gasteiger partial charge < -0.3 is 20.7 Å². The molecule has 0 aliphatic rings. The first-order valence-electron chi connectivity index (χ1n) is 9.73. The molecule has 0 spiro atoms. The maximum absolute atomic E-state index is 12.6. The Morgan fingerprint density at radius 1 is 1.10 bits per heavy atom. The minimum Gasteiger partial charge on any atom is -0.396 e. The fourth-order valence-electron chi connectivity index (χ4n) is 3.16. The van der Waals surface area contributed by atoms with Gasteiger partial charge in [-0.25, -0.2) is 0 Å². The largest absolute Gasteiger partial charge is 0.396 e. The number of halogens is 1. The number of carbonyl (C=O) groups excluding carboxylic acids is 1. The van der Waals surface area contributed by atoms with Crippen molar-refractivity contribution in [2.24, 2.45) is 10.7 Å². The van der Waals surface area contributed by atoms with Crippen molar-refractivity contribution >= 4 is 23.5 Å². The molecule has 1 aromatic heterocycles. The SMILES string of the molecule is Cc1ccc(-c2ccc(-c3ccccc3Cl)n2CC(=O)/N=C(/N)NCCCO)cc1. The number of aryl methyl sites for hydroxylation is 1. The first kappa shape index (κ1) is 21.6. The zero-order chi connectivity index (χ0) is 21.5. The van der Waals surface area contributed by atoms with Crippen LogP contribution in [0.5, 0.6) is 0 Å². The summed E-state index contributed by atoms with van der Waals surface area (Å²) in [6.45, 7) is 2.53. The van der Waals surface area contributed by atoms with E-state index in [1.165, 1.54) is 0 Å². The van der Waals surface area contributed by atoms with Gasteiger partial charge in [0.1, 0.15) is 6.54 Å². The maximum atomic E-state index is 12.6. The standard InChI is InChI=1S/C23H25ClN4O2/c1-16-7-9-17(10-8-16)20-11-12-21(18-5-2-3-6-19(18)24)28(20)15-22(30)27-23(25)26-13-4-14-29/h2-3,5-12,29H,4,13-15H2,1H3,(H3,25,26,27,30). The van der Waals surface area contributed by atoms with Crippen LogP contribution in [0.3, 0.4) is 0 Å². The molecule has 6 nitrogen and oxygen atoms in total. The molecule has 30 heavy (non-hydrogen) atoms. The third-order valence-corrected chi connectivity index (χ3v) is 4.99. The minimum atomic E-state index is -0.387. The molecule has 1 heterocycles. The predicted octanol–water partition coefficient (Wildman–Crippen LogP) is 3.60. The second-order valence-electron chi connectivity index (χ2n) is 6.93. The average molecular weight is 425 g/mol. The molecule has 2 aromatic carbocycles. The number of amides is 1. The van der Waals surface area contributed by atoms with Gasteiger partial charge in [0, 0.05) is 29.4 Å². The van der Waals surface area contributed by atoms with Gasteiger partial charge in [0.15, 0.2) is 5.96 Å². The van der Waals surface area contributed by atoms with E-state index < -0.39 is 0 Å². The van der Waals surface area contributed by atoms with E-state index in [1.54, 1.807) is 0 Å². The second-order valence-corrected chi connectivity index (χ2v) is 7.34. The number of hydrogen-bond donors (Lipinski definition) is 3. The maximum Gasteiger partial charge on any atom is 0.268 e. The van der Waals surface area contributed by atoms with E-state index in [4.69, 9.17) is 22.4 Å². The number of rotatable bonds is 7. The van der Waals surface area contributed by atoms with E-state index in [0.717, 1.165) is 28.1 Å². The van der Waals surface area contributed by atoms with Crippen LogP contribution in [-0.4, -0.2) is 34.7 Å². The summed E-state index contributed by atoms with van der Waals surface area (Å²) in [5, 5.41) is 12.3. The molecule has 0 bridgehead atoms. The quantitative estimate of drug-likeness (QED) is 0.307. The zero-order valence-corrected chi connectivity index (χ0v) is 17.6. The van der Waals surface area contributed by atoms with Gasteiger partial charge in [-0.2, -0.15) is 4.99 Å². The number of aliphatic hydroxyl groups is 1. The van der Waals surface area contributed by atoms with Gasteiger partial charge in [-0.15, -0.1) is 0 Å². The molecule has 4 N–H and O–H groups in total. The fourth-order valence-corrected chi connectivity index (χ4v) is 3.39. The first-order valence-corrected chi connectivity index (χ1v) is 10.1. The zero-order valence-electron chi connectivity index (χ0n) is 16.8. The molecule has 0 saturated carbocycles. The van der Waals surface area contributed by atoms with Crippen LogP contribution in [0.15, 0.2) is 65.7 Å². The third kappa shape index (κ3) is 5.28. The summed E-state index contributed by atoms with van der Waals surface area (Å²) in [5.41, 5.74) is 10.5. The lowest BCUT2D eigenvalue weighted by Gasteiger charge is -2.14. The Morgan fingerprint density at radius 3 is 2.50 bits per heavy atom. The number of hydrogen-bond acceptors (Lipinski definition) is 2. The first-order chi connectivity index (χ1) is 14.5. The molecule has 7 heteroatoms. The Bertz CT molecular complexity index is 1040. The molecule has 0 fully saturated rings. The summed E-state index contributed by atoms with van der Waals surface area (Å²) in [6, 6.07) is 19.6. The highest BCUT2D eigenvalue weighted by Crippen LogP contribution is 2.33. The van der Waals surface area contributed by atoms with Gasteiger partial charge in [0.2, 0.25) is 0 Å². The molecule has 0 radical (unpaired) electrons. The molecule has 1 amide bonds. The van der Waals surface area contributed by atoms with E-state index in [0.29, 0.717) is 18.0 Å². The molecule has 0 aliphatic heterocycles. The Balaban J connectivity index is 1.96. The lowest BCUT2D eigenvalue weighted by Crippen LogP contribution is -2.34. The Morgan fingerprint density at radius 2 is 1.80 bits per heavy atom. The van der Waals surface area contributed by atoms with Gasteiger partial charge in [-0.1, -0.05) is 59.6 Å². The number of nitrogens with two attached hydrogens (primary N) is 1. The molecule has 3 rings (SSSR count). The summed E-state index contributed by atoms with van der Waals surface area (Å²) in [6.07, 6.45) is 0.524. The van der Waals surface area contributed by atoms with Crippen molar-refractivity contribution in [3.05, 3.63) is 71.2 Å². The van der Waals surface area contributed by atoms with Crippen molar-refractivity contribution in [3.63, 3.8) is 0 Å². The van der Waals surface area contributed by atoms with E-state index in [9.17, 15) is 4.79 Å². The lowest BCUT2D eigenvalue weighted by atomic mass is 10.1. The van der Waals surface area contributed by atoms with Crippen LogP contribution in [0.4, 0.5) is 0 Å². The van der Waals surface area contributed by atoms with Crippen LogP contribution in [0.1, 0.15) is 12.0 Å². The summed E-state index contributed by atoms with van der Waals surface area (Å²) in [4.78, 5) is 16.6. The van der Waals surface area contributed by atoms with Gasteiger partial charge in [-0.3, -0.25) is 4.79 Å². The van der Waals surface area contributed by atoms with Crippen molar-refractivity contribution < 1.29 is 9.90 Å². The van der Waals surface area contributed by atoms with Crippen LogP contribution in [-0.2, 0) is 11.3 Å². The van der Waals surface area contributed by atoms with Crippen molar-refractivity contribution in [2.75, 3.05) is 13.2 Å². The molecule has 0 unspecified atom stereocenters. The fraction of sp³-hybridized carbons (Fsp3) is 0.217. The van der Waals surface area contributed by atoms with Crippen molar-refractivity contribution in [3.8, 4) is 22.5 Å². The third-order valence-electron chi connectivity index (χ3n) is 4.66. The van der Waals surface area contributed by atoms with Gasteiger partial charge in [0.05, 0.1) is 5.69 Å². The molecule has 0 atom stereocenters. The van der Waals surface area contributed by atoms with E-state index >= 15 is 0 Å². The van der Waals surface area contributed by atoms with Gasteiger partial charge in [-0.05, 0) is 37.1 Å². The Hall–Kier alpha value is -3.09. The van der Waals surface area contributed by atoms with Crippen LogP contribution in [0, 0.1) is 6.92 Å². The van der Waals surface area contributed by atoms with Crippen LogP contribution < -0.4 is 11.1 Å². The van der Waals surface area contributed by atoms with Crippen LogP contribution >= 0.6 is 11.6 Å². The molecule has 3 aromatic rings. The van der Waals surface area contributed by atoms with Crippen molar-refractivity contribution in [1.82, 2.24) is 9.88 Å². The Kier molecular flexibility index (Phi) is 7.27. The summed E-state index contributed by atoms with van der Waals surface area (Å²) >= 11 is 6.42. The topological polar surface area (TPSA) is 92.6 Å². The highest BCUT2D eigenvalue weighted by molar-refractivity contribution is 6.33. The summed E-state index contributed by atoms with van der Waals surface area (Å²) < 4.78 is 1.90. The number of guanidine groups is 1.